The Bertz CT molecular complexity index is 827. The van der Waals surface area contributed by atoms with Crippen LogP contribution in [0.2, 0.25) is 0 Å². The molecule has 1 N–H and O–H groups in total. The van der Waals surface area contributed by atoms with Gasteiger partial charge < -0.3 is 0 Å². The van der Waals surface area contributed by atoms with E-state index in [0.29, 0.717) is 10.6 Å². The van der Waals surface area contributed by atoms with E-state index in [2.05, 4.69) is 15.0 Å². The summed E-state index contributed by atoms with van der Waals surface area (Å²) in [6.45, 7) is 6.91. The molecule has 1 aromatic heterocycles. The number of hydrogen-bond donors (Lipinski definition) is 1. The molecule has 0 aliphatic carbocycles. The van der Waals surface area contributed by atoms with Gasteiger partial charge in [0.1, 0.15) is 4.88 Å². The van der Waals surface area contributed by atoms with Gasteiger partial charge in [-0.1, -0.05) is 10.6 Å². The van der Waals surface area contributed by atoms with Gasteiger partial charge in [0.15, 0.2) is 0 Å². The normalized spacial score (nSPS) is 11.0. The van der Waals surface area contributed by atoms with Crippen molar-refractivity contribution in [2.75, 3.05) is 0 Å². The maximum Gasteiger partial charge on any atom is 0.286 e. The molecule has 1 heterocycles. The predicted octanol–water partition coefficient (Wildman–Crippen LogP) is 2.34. The Morgan fingerprint density at radius 3 is 2.52 bits per heavy atom. The van der Waals surface area contributed by atoms with Gasteiger partial charge in [0.25, 0.3) is 17.5 Å². The number of amides is 2. The molecule has 2 amide bonds. The number of non-ortho nitro benzene ring substituents is 1. The first-order chi connectivity index (χ1) is 11.6. The summed E-state index contributed by atoms with van der Waals surface area (Å²) in [5.74, 6) is -1.07. The van der Waals surface area contributed by atoms with Gasteiger partial charge in [0.2, 0.25) is 0 Å². The highest BCUT2D eigenvalue weighted by Crippen LogP contribution is 2.20. The highest BCUT2D eigenvalue weighted by atomic mass is 32.1. The summed E-state index contributed by atoms with van der Waals surface area (Å²) in [4.78, 5) is 35.8. The maximum atomic E-state index is 12.7. The van der Waals surface area contributed by atoms with Crippen LogP contribution in [0.4, 0.5) is 5.69 Å². The molecule has 0 unspecified atom stereocenters. The van der Waals surface area contributed by atoms with Crippen LogP contribution < -0.4 is 5.43 Å². The average Bonchev–Trinajstić information content (AvgIpc) is 2.96. The van der Waals surface area contributed by atoms with Gasteiger partial charge in [-0.2, -0.15) is 0 Å². The van der Waals surface area contributed by atoms with Crippen LogP contribution in [0, 0.1) is 17.0 Å². The fourth-order valence-electron chi connectivity index (χ4n) is 1.98. The van der Waals surface area contributed by atoms with Crippen molar-refractivity contribution in [2.45, 2.75) is 33.2 Å². The molecule has 2 aromatic rings. The molecule has 9 nitrogen and oxygen atoms in total. The van der Waals surface area contributed by atoms with Crippen molar-refractivity contribution in [1.29, 1.82) is 0 Å². The third kappa shape index (κ3) is 4.15. The van der Waals surface area contributed by atoms with Crippen molar-refractivity contribution in [3.8, 4) is 0 Å². The lowest BCUT2D eigenvalue weighted by Gasteiger charge is -2.35. The number of hydrogen-bond acceptors (Lipinski definition) is 7. The number of carbonyl (C=O) groups excluding carboxylic acids is 2. The summed E-state index contributed by atoms with van der Waals surface area (Å²) in [7, 11) is 0. The molecular weight excluding hydrogens is 346 g/mol. The summed E-state index contributed by atoms with van der Waals surface area (Å²) in [5, 5.41) is 15.8. The van der Waals surface area contributed by atoms with Crippen LogP contribution >= 0.6 is 11.5 Å². The Balaban J connectivity index is 2.30. The molecule has 132 valence electrons. The van der Waals surface area contributed by atoms with Gasteiger partial charge in [-0.05, 0) is 45.3 Å². The van der Waals surface area contributed by atoms with Crippen LogP contribution in [0.3, 0.4) is 0 Å². The topological polar surface area (TPSA) is 118 Å². The molecule has 10 heteroatoms. The quantitative estimate of drug-likeness (QED) is 0.660. The summed E-state index contributed by atoms with van der Waals surface area (Å²) >= 11 is 0.938. The van der Waals surface area contributed by atoms with Crippen molar-refractivity contribution in [2.24, 2.45) is 0 Å². The zero-order valence-corrected chi connectivity index (χ0v) is 15.0. The number of nitrogens with one attached hydrogen (secondary N) is 1. The van der Waals surface area contributed by atoms with Crippen LogP contribution in [0.5, 0.6) is 0 Å². The van der Waals surface area contributed by atoms with E-state index >= 15 is 0 Å². The second-order valence-corrected chi connectivity index (χ2v) is 7.00. The molecule has 0 saturated heterocycles. The highest BCUT2D eigenvalue weighted by Gasteiger charge is 2.32. The lowest BCUT2D eigenvalue weighted by Crippen LogP contribution is -2.55. The van der Waals surface area contributed by atoms with Gasteiger partial charge in [0.05, 0.1) is 16.2 Å². The van der Waals surface area contributed by atoms with Crippen molar-refractivity contribution >= 4 is 29.0 Å². The van der Waals surface area contributed by atoms with Crippen LogP contribution in [0.25, 0.3) is 0 Å². The van der Waals surface area contributed by atoms with Crippen LogP contribution in [0.15, 0.2) is 24.3 Å². The maximum absolute atomic E-state index is 12.7. The van der Waals surface area contributed by atoms with Gasteiger partial charge >= 0.3 is 0 Å². The third-order valence-electron chi connectivity index (χ3n) is 3.25. The van der Waals surface area contributed by atoms with Crippen LogP contribution in [-0.4, -0.2) is 36.9 Å². The van der Waals surface area contributed by atoms with Crippen LogP contribution in [-0.2, 0) is 0 Å². The van der Waals surface area contributed by atoms with Crippen LogP contribution in [0.1, 0.15) is 46.5 Å². The third-order valence-corrected chi connectivity index (χ3v) is 4.07. The first-order valence-electron chi connectivity index (χ1n) is 7.30. The minimum atomic E-state index is -0.732. The fourth-order valence-corrected chi connectivity index (χ4v) is 2.57. The SMILES string of the molecule is Cc1nnsc1C(=O)N(NC(=O)c1cccc([N+](=O)[O-])c1)C(C)(C)C. The molecule has 0 atom stereocenters. The first-order valence-corrected chi connectivity index (χ1v) is 8.07. The number of carbonyl (C=O) groups is 2. The number of nitro benzene ring substituents is 1. The second kappa shape index (κ2) is 6.93. The van der Waals surface area contributed by atoms with Gasteiger partial charge in [-0.15, -0.1) is 5.10 Å². The molecule has 0 fully saturated rings. The number of aryl methyl sites for hydroxylation is 1. The van der Waals surface area contributed by atoms with Gasteiger partial charge in [-0.25, -0.2) is 5.01 Å². The van der Waals surface area contributed by atoms with E-state index < -0.39 is 22.3 Å². The molecular formula is C15H17N5O4S. The Morgan fingerprint density at radius 1 is 1.32 bits per heavy atom. The minimum absolute atomic E-state index is 0.0791. The smallest absolute Gasteiger partial charge is 0.267 e. The van der Waals surface area contributed by atoms with Crippen molar-refractivity contribution < 1.29 is 14.5 Å². The molecule has 0 spiro atoms. The molecule has 0 radical (unpaired) electrons. The zero-order chi connectivity index (χ0) is 18.8. The van der Waals surface area contributed by atoms with Crippen molar-refractivity contribution in [3.05, 3.63) is 50.5 Å². The van der Waals surface area contributed by atoms with E-state index in [9.17, 15) is 19.7 Å². The zero-order valence-electron chi connectivity index (χ0n) is 14.1. The monoisotopic (exact) mass is 363 g/mol. The molecule has 25 heavy (non-hydrogen) atoms. The molecule has 0 bridgehead atoms. The fraction of sp³-hybridized carbons (Fsp3) is 0.333. The Hall–Kier alpha value is -2.88. The average molecular weight is 363 g/mol. The number of hydrazine groups is 1. The predicted molar refractivity (Wildman–Crippen MR) is 91.1 cm³/mol. The van der Waals surface area contributed by atoms with Gasteiger partial charge in [-0.3, -0.25) is 25.1 Å². The highest BCUT2D eigenvalue weighted by molar-refractivity contribution is 7.07. The number of nitrogens with zero attached hydrogens (tertiary/aromatic N) is 4. The van der Waals surface area contributed by atoms with Crippen molar-refractivity contribution in [3.63, 3.8) is 0 Å². The second-order valence-electron chi connectivity index (χ2n) is 6.25. The Kier molecular flexibility index (Phi) is 5.12. The lowest BCUT2D eigenvalue weighted by atomic mass is 10.1. The summed E-state index contributed by atoms with van der Waals surface area (Å²) in [5.41, 5.74) is 2.14. The number of benzene rings is 1. The number of aromatic nitrogens is 2. The molecule has 0 aliphatic rings. The summed E-state index contributed by atoms with van der Waals surface area (Å²) in [6.07, 6.45) is 0. The van der Waals surface area contributed by atoms with E-state index in [1.807, 2.05) is 0 Å². The molecule has 0 aliphatic heterocycles. The lowest BCUT2D eigenvalue weighted by molar-refractivity contribution is -0.384. The largest absolute Gasteiger partial charge is 0.286 e. The molecule has 1 aromatic carbocycles. The first kappa shape index (κ1) is 18.5. The van der Waals surface area contributed by atoms with E-state index in [-0.39, 0.29) is 11.3 Å². The summed E-state index contributed by atoms with van der Waals surface area (Å²) < 4.78 is 3.73. The Labute approximate surface area is 147 Å². The van der Waals surface area contributed by atoms with E-state index in [1.165, 1.54) is 23.2 Å². The minimum Gasteiger partial charge on any atom is -0.267 e. The van der Waals surface area contributed by atoms with Gasteiger partial charge in [0, 0.05) is 17.7 Å². The Morgan fingerprint density at radius 2 is 2.00 bits per heavy atom. The molecule has 0 saturated carbocycles. The summed E-state index contributed by atoms with van der Waals surface area (Å²) in [6, 6.07) is 5.29. The van der Waals surface area contributed by atoms with E-state index in [4.69, 9.17) is 0 Å². The number of nitro groups is 1. The molecule has 2 rings (SSSR count). The van der Waals surface area contributed by atoms with E-state index in [1.54, 1.807) is 27.7 Å². The van der Waals surface area contributed by atoms with E-state index in [0.717, 1.165) is 17.6 Å². The number of rotatable bonds is 3. The van der Waals surface area contributed by atoms with Crippen molar-refractivity contribution in [1.82, 2.24) is 20.0 Å². The standard InChI is InChI=1S/C15H17N5O4S/c1-9-12(25-18-16-9)14(22)19(15(2,3)4)17-13(21)10-6-5-7-11(8-10)20(23)24/h5-8H,1-4H3,(H,17,21).